The van der Waals surface area contributed by atoms with Gasteiger partial charge in [0.1, 0.15) is 0 Å². The Morgan fingerprint density at radius 3 is 2.80 bits per heavy atom. The number of hydrogen-bond acceptors (Lipinski definition) is 1. The molecule has 0 N–H and O–H groups in total. The van der Waals surface area contributed by atoms with Crippen molar-refractivity contribution in [3.05, 3.63) is 28.9 Å². The molecule has 76 valence electrons. The zero-order chi connectivity index (χ0) is 11.0. The molecular formula is C12H11ClN2. The van der Waals surface area contributed by atoms with Gasteiger partial charge in [0.05, 0.1) is 10.5 Å². The standard InChI is InChI=1S/C12H11ClN2/c1-4-9-5-11(13)10-7-15(8(2)3)14-12(10)6-9/h1,5-8H,2-3H3. The number of terminal acetylenes is 1. The van der Waals surface area contributed by atoms with Gasteiger partial charge in [0.25, 0.3) is 0 Å². The lowest BCUT2D eigenvalue weighted by Gasteiger charge is -2.02. The number of fused-ring (bicyclic) bond motifs is 1. The highest BCUT2D eigenvalue weighted by Gasteiger charge is 2.07. The Morgan fingerprint density at radius 1 is 1.47 bits per heavy atom. The number of hydrogen-bond donors (Lipinski definition) is 0. The van der Waals surface area contributed by atoms with Crippen molar-refractivity contribution in [2.24, 2.45) is 0 Å². The molecule has 1 aromatic carbocycles. The number of rotatable bonds is 1. The van der Waals surface area contributed by atoms with Gasteiger partial charge in [-0.2, -0.15) is 5.10 Å². The van der Waals surface area contributed by atoms with Crippen LogP contribution in [0.4, 0.5) is 0 Å². The molecule has 0 aliphatic heterocycles. The third-order valence-corrected chi connectivity index (χ3v) is 2.60. The van der Waals surface area contributed by atoms with Crippen LogP contribution in [-0.4, -0.2) is 9.78 Å². The van der Waals surface area contributed by atoms with Gasteiger partial charge in [-0.05, 0) is 26.0 Å². The van der Waals surface area contributed by atoms with Crippen molar-refractivity contribution in [2.45, 2.75) is 19.9 Å². The molecule has 0 aliphatic rings. The van der Waals surface area contributed by atoms with Gasteiger partial charge in [-0.25, -0.2) is 0 Å². The van der Waals surface area contributed by atoms with E-state index < -0.39 is 0 Å². The molecule has 0 aliphatic carbocycles. The topological polar surface area (TPSA) is 17.8 Å². The molecule has 15 heavy (non-hydrogen) atoms. The second kappa shape index (κ2) is 3.60. The zero-order valence-corrected chi connectivity index (χ0v) is 9.42. The molecule has 0 amide bonds. The van der Waals surface area contributed by atoms with E-state index in [0.717, 1.165) is 16.5 Å². The van der Waals surface area contributed by atoms with Gasteiger partial charge in [0, 0.05) is 23.2 Å². The SMILES string of the molecule is C#Cc1cc(Cl)c2cn(C(C)C)nc2c1. The lowest BCUT2D eigenvalue weighted by Crippen LogP contribution is -1.99. The highest BCUT2D eigenvalue weighted by Crippen LogP contribution is 2.25. The first-order valence-corrected chi connectivity index (χ1v) is 5.14. The Morgan fingerprint density at radius 2 is 2.20 bits per heavy atom. The molecule has 0 unspecified atom stereocenters. The van der Waals surface area contributed by atoms with Crippen molar-refractivity contribution in [3.63, 3.8) is 0 Å². The average molecular weight is 219 g/mol. The summed E-state index contributed by atoms with van der Waals surface area (Å²) in [4.78, 5) is 0. The summed E-state index contributed by atoms with van der Waals surface area (Å²) < 4.78 is 1.89. The van der Waals surface area contributed by atoms with E-state index in [2.05, 4.69) is 24.9 Å². The minimum atomic E-state index is 0.322. The first kappa shape index (κ1) is 10.1. The molecule has 1 heterocycles. The molecule has 0 radical (unpaired) electrons. The van der Waals surface area contributed by atoms with E-state index in [9.17, 15) is 0 Å². The summed E-state index contributed by atoms with van der Waals surface area (Å²) in [7, 11) is 0. The molecule has 2 aromatic rings. The Balaban J connectivity index is 2.71. The van der Waals surface area contributed by atoms with Gasteiger partial charge in [-0.1, -0.05) is 17.5 Å². The van der Waals surface area contributed by atoms with E-state index in [4.69, 9.17) is 18.0 Å². The van der Waals surface area contributed by atoms with E-state index in [1.165, 1.54) is 0 Å². The lowest BCUT2D eigenvalue weighted by molar-refractivity contribution is 0.537. The Bertz CT molecular complexity index is 546. The quantitative estimate of drug-likeness (QED) is 0.672. The van der Waals surface area contributed by atoms with Gasteiger partial charge >= 0.3 is 0 Å². The maximum atomic E-state index is 6.11. The fourth-order valence-corrected chi connectivity index (χ4v) is 1.71. The van der Waals surface area contributed by atoms with Crippen LogP contribution in [0.2, 0.25) is 5.02 Å². The minimum absolute atomic E-state index is 0.322. The fraction of sp³-hybridized carbons (Fsp3) is 0.250. The monoisotopic (exact) mass is 218 g/mol. The fourth-order valence-electron chi connectivity index (χ4n) is 1.45. The average Bonchev–Trinajstić information content (AvgIpc) is 2.61. The molecular weight excluding hydrogens is 208 g/mol. The van der Waals surface area contributed by atoms with Crippen LogP contribution >= 0.6 is 11.6 Å². The number of halogens is 1. The van der Waals surface area contributed by atoms with Crippen molar-refractivity contribution < 1.29 is 0 Å². The summed E-state index contributed by atoms with van der Waals surface area (Å²) in [6, 6.07) is 3.99. The van der Waals surface area contributed by atoms with Gasteiger partial charge in [-0.15, -0.1) is 6.42 Å². The van der Waals surface area contributed by atoms with Crippen LogP contribution in [0.3, 0.4) is 0 Å². The second-order valence-electron chi connectivity index (χ2n) is 3.74. The van der Waals surface area contributed by atoms with Crippen LogP contribution in [0, 0.1) is 12.3 Å². The predicted molar refractivity (Wildman–Crippen MR) is 63.1 cm³/mol. The van der Waals surface area contributed by atoms with E-state index in [0.29, 0.717) is 11.1 Å². The summed E-state index contributed by atoms with van der Waals surface area (Å²) >= 11 is 6.11. The Kier molecular flexibility index (Phi) is 2.42. The maximum Gasteiger partial charge on any atom is 0.0950 e. The molecule has 0 bridgehead atoms. The minimum Gasteiger partial charge on any atom is -0.269 e. The van der Waals surface area contributed by atoms with Crippen molar-refractivity contribution in [3.8, 4) is 12.3 Å². The summed E-state index contributed by atoms with van der Waals surface area (Å²) in [6.07, 6.45) is 7.28. The third-order valence-electron chi connectivity index (χ3n) is 2.29. The highest BCUT2D eigenvalue weighted by atomic mass is 35.5. The van der Waals surface area contributed by atoms with Crippen molar-refractivity contribution >= 4 is 22.5 Å². The summed E-state index contributed by atoms with van der Waals surface area (Å²) in [6.45, 7) is 4.14. The smallest absolute Gasteiger partial charge is 0.0950 e. The highest BCUT2D eigenvalue weighted by molar-refractivity contribution is 6.35. The van der Waals surface area contributed by atoms with Crippen LogP contribution in [0.25, 0.3) is 10.9 Å². The van der Waals surface area contributed by atoms with E-state index in [1.807, 2.05) is 16.9 Å². The maximum absolute atomic E-state index is 6.11. The number of aromatic nitrogens is 2. The zero-order valence-electron chi connectivity index (χ0n) is 8.66. The Hall–Kier alpha value is -1.46. The van der Waals surface area contributed by atoms with Crippen molar-refractivity contribution in [1.29, 1.82) is 0 Å². The van der Waals surface area contributed by atoms with Gasteiger partial charge in [-0.3, -0.25) is 4.68 Å². The molecule has 1 aromatic heterocycles. The largest absolute Gasteiger partial charge is 0.269 e. The molecule has 2 nitrogen and oxygen atoms in total. The number of benzene rings is 1. The molecule has 2 rings (SSSR count). The molecule has 0 saturated carbocycles. The summed E-state index contributed by atoms with van der Waals surface area (Å²) in [5.41, 5.74) is 1.62. The second-order valence-corrected chi connectivity index (χ2v) is 4.15. The van der Waals surface area contributed by atoms with Crippen LogP contribution < -0.4 is 0 Å². The van der Waals surface area contributed by atoms with E-state index in [1.54, 1.807) is 6.07 Å². The molecule has 0 atom stereocenters. The third kappa shape index (κ3) is 1.71. The van der Waals surface area contributed by atoms with Crippen LogP contribution in [-0.2, 0) is 0 Å². The molecule has 0 saturated heterocycles. The molecule has 3 heteroatoms. The number of nitrogens with zero attached hydrogens (tertiary/aromatic N) is 2. The van der Waals surface area contributed by atoms with Crippen molar-refractivity contribution in [1.82, 2.24) is 9.78 Å². The predicted octanol–water partition coefficient (Wildman–Crippen LogP) is 3.25. The molecule has 0 spiro atoms. The van der Waals surface area contributed by atoms with Crippen molar-refractivity contribution in [2.75, 3.05) is 0 Å². The molecule has 0 fully saturated rings. The van der Waals surface area contributed by atoms with Gasteiger partial charge in [0.15, 0.2) is 0 Å². The van der Waals surface area contributed by atoms with Crippen LogP contribution in [0.15, 0.2) is 18.3 Å². The van der Waals surface area contributed by atoms with Gasteiger partial charge in [0.2, 0.25) is 0 Å². The normalized spacial score (nSPS) is 10.9. The first-order valence-electron chi connectivity index (χ1n) is 4.77. The summed E-state index contributed by atoms with van der Waals surface area (Å²) in [5.74, 6) is 2.56. The van der Waals surface area contributed by atoms with Gasteiger partial charge < -0.3 is 0 Å². The first-order chi connectivity index (χ1) is 7.11. The summed E-state index contributed by atoms with van der Waals surface area (Å²) in [5, 5.41) is 6.03. The lowest BCUT2D eigenvalue weighted by atomic mass is 10.2. The van der Waals surface area contributed by atoms with E-state index >= 15 is 0 Å². The van der Waals surface area contributed by atoms with Crippen LogP contribution in [0.1, 0.15) is 25.5 Å². The Labute approximate surface area is 93.8 Å². The van der Waals surface area contributed by atoms with Crippen LogP contribution in [0.5, 0.6) is 0 Å². The van der Waals surface area contributed by atoms with E-state index in [-0.39, 0.29) is 0 Å².